The highest BCUT2D eigenvalue weighted by molar-refractivity contribution is 5.90. The van der Waals surface area contributed by atoms with Gasteiger partial charge in [0.15, 0.2) is 0 Å². The second-order valence-corrected chi connectivity index (χ2v) is 9.17. The molecule has 4 rings (SSSR count). The number of halogens is 1. The summed E-state index contributed by atoms with van der Waals surface area (Å²) in [5, 5.41) is 4.39. The van der Waals surface area contributed by atoms with Gasteiger partial charge in [0.25, 0.3) is 0 Å². The van der Waals surface area contributed by atoms with Crippen molar-refractivity contribution < 1.29 is 4.39 Å². The lowest BCUT2D eigenvalue weighted by atomic mass is 9.88. The molecule has 2 fully saturated rings. The Hall–Kier alpha value is -2.23. The van der Waals surface area contributed by atoms with Crippen LogP contribution in [0, 0.1) is 17.7 Å². The summed E-state index contributed by atoms with van der Waals surface area (Å²) in [6.07, 6.45) is 8.10. The van der Waals surface area contributed by atoms with Gasteiger partial charge in [0.05, 0.1) is 17.6 Å². The van der Waals surface area contributed by atoms with Gasteiger partial charge in [0, 0.05) is 36.5 Å². The molecule has 5 nitrogen and oxygen atoms in total. The molecule has 6 heteroatoms. The topological polar surface area (TPSA) is 67.1 Å². The molecule has 2 aliphatic rings. The molecule has 1 aromatic carbocycles. The summed E-state index contributed by atoms with van der Waals surface area (Å²) in [6.45, 7) is 6.84. The molecule has 0 spiro atoms. The summed E-state index contributed by atoms with van der Waals surface area (Å²) in [5.74, 6) is 7.29. The smallest absolute Gasteiger partial charge is 0.139 e. The zero-order valence-electron chi connectivity index (χ0n) is 18.8. The predicted octanol–water partition coefficient (Wildman–Crippen LogP) is 4.41. The van der Waals surface area contributed by atoms with Crippen molar-refractivity contribution in [2.75, 3.05) is 25.0 Å². The first kappa shape index (κ1) is 22.0. The molecule has 1 saturated heterocycles. The number of benzene rings is 1. The van der Waals surface area contributed by atoms with Gasteiger partial charge < -0.3 is 16.0 Å². The van der Waals surface area contributed by atoms with Gasteiger partial charge in [-0.1, -0.05) is 31.1 Å². The molecule has 0 unspecified atom stereocenters. The molecule has 0 radical (unpaired) electrons. The van der Waals surface area contributed by atoms with Crippen LogP contribution in [0.15, 0.2) is 12.1 Å². The summed E-state index contributed by atoms with van der Waals surface area (Å²) in [4.78, 5) is 12.3. The van der Waals surface area contributed by atoms with E-state index in [2.05, 4.69) is 35.9 Å². The van der Waals surface area contributed by atoms with Crippen LogP contribution in [0.4, 0.5) is 10.2 Å². The van der Waals surface area contributed by atoms with E-state index >= 15 is 0 Å². The molecular formula is C25H34FN5. The predicted molar refractivity (Wildman–Crippen MR) is 125 cm³/mol. The molecular weight excluding hydrogens is 389 g/mol. The zero-order chi connectivity index (χ0) is 21.8. The standard InChI is InChI=1S/C25H34FN5/c1-17(2)31-13-10-20(11-14-31)28-25-21-16-22(26)19(9-6-12-27)15-23(21)29-24(30-25)18-7-4-3-5-8-18/h15-18,20H,3-5,7-8,10-14,27H2,1-2H3,(H,28,29,30). The summed E-state index contributed by atoms with van der Waals surface area (Å²) in [7, 11) is 0. The zero-order valence-corrected chi connectivity index (χ0v) is 18.8. The van der Waals surface area contributed by atoms with Crippen LogP contribution in [0.5, 0.6) is 0 Å². The second kappa shape index (κ2) is 9.93. The maximum atomic E-state index is 14.8. The lowest BCUT2D eigenvalue weighted by Crippen LogP contribution is -2.42. The Balaban J connectivity index is 1.68. The Labute approximate surface area is 185 Å². The number of anilines is 1. The minimum atomic E-state index is -0.347. The minimum absolute atomic E-state index is 0.205. The lowest BCUT2D eigenvalue weighted by Gasteiger charge is -2.35. The van der Waals surface area contributed by atoms with E-state index in [1.807, 2.05) is 0 Å². The quantitative estimate of drug-likeness (QED) is 0.713. The maximum absolute atomic E-state index is 14.8. The first-order valence-electron chi connectivity index (χ1n) is 11.8. The van der Waals surface area contributed by atoms with Crippen LogP contribution in [0.1, 0.15) is 76.1 Å². The van der Waals surface area contributed by atoms with Crippen molar-refractivity contribution in [1.29, 1.82) is 0 Å². The van der Waals surface area contributed by atoms with E-state index in [-0.39, 0.29) is 12.4 Å². The van der Waals surface area contributed by atoms with E-state index in [1.54, 1.807) is 6.07 Å². The fourth-order valence-electron chi connectivity index (χ4n) is 4.82. The Morgan fingerprint density at radius 1 is 1.13 bits per heavy atom. The van der Waals surface area contributed by atoms with Crippen LogP contribution in [0.2, 0.25) is 0 Å². The minimum Gasteiger partial charge on any atom is -0.367 e. The third-order valence-electron chi connectivity index (χ3n) is 6.70. The van der Waals surface area contributed by atoms with Gasteiger partial charge in [-0.2, -0.15) is 0 Å². The molecule has 166 valence electrons. The van der Waals surface area contributed by atoms with Gasteiger partial charge >= 0.3 is 0 Å². The number of hydrogen-bond acceptors (Lipinski definition) is 5. The average Bonchev–Trinajstić information content (AvgIpc) is 2.79. The first-order valence-corrected chi connectivity index (χ1v) is 11.8. The van der Waals surface area contributed by atoms with Crippen LogP contribution in [-0.2, 0) is 0 Å². The van der Waals surface area contributed by atoms with Crippen molar-refractivity contribution in [3.05, 3.63) is 29.3 Å². The number of rotatable bonds is 4. The summed E-state index contributed by atoms with van der Waals surface area (Å²) in [6, 6.07) is 4.20. The molecule has 1 aliphatic carbocycles. The Kier molecular flexibility index (Phi) is 7.04. The number of nitrogens with one attached hydrogen (secondary N) is 1. The van der Waals surface area contributed by atoms with E-state index < -0.39 is 0 Å². The van der Waals surface area contributed by atoms with Gasteiger partial charge in [0.1, 0.15) is 17.5 Å². The largest absolute Gasteiger partial charge is 0.367 e. The molecule has 2 aromatic rings. The highest BCUT2D eigenvalue weighted by atomic mass is 19.1. The number of piperidine rings is 1. The van der Waals surface area contributed by atoms with Crippen molar-refractivity contribution in [2.45, 2.75) is 76.8 Å². The summed E-state index contributed by atoms with van der Waals surface area (Å²) < 4.78 is 14.8. The normalized spacial score (nSPS) is 18.9. The van der Waals surface area contributed by atoms with Gasteiger partial charge in [-0.15, -0.1) is 0 Å². The Morgan fingerprint density at radius 2 is 1.87 bits per heavy atom. The number of nitrogens with two attached hydrogens (primary N) is 1. The molecule has 1 aromatic heterocycles. The van der Waals surface area contributed by atoms with Gasteiger partial charge in [0.2, 0.25) is 0 Å². The maximum Gasteiger partial charge on any atom is 0.139 e. The van der Waals surface area contributed by atoms with Crippen LogP contribution in [0.25, 0.3) is 10.9 Å². The van der Waals surface area contributed by atoms with E-state index in [1.165, 1.54) is 25.3 Å². The van der Waals surface area contributed by atoms with Gasteiger partial charge in [-0.05, 0) is 51.7 Å². The van der Waals surface area contributed by atoms with Crippen molar-refractivity contribution in [1.82, 2.24) is 14.9 Å². The van der Waals surface area contributed by atoms with E-state index in [9.17, 15) is 4.39 Å². The van der Waals surface area contributed by atoms with E-state index in [0.717, 1.165) is 61.3 Å². The molecule has 31 heavy (non-hydrogen) atoms. The van der Waals surface area contributed by atoms with Crippen molar-refractivity contribution in [3.8, 4) is 11.8 Å². The molecule has 3 N–H and O–H groups in total. The molecule has 0 bridgehead atoms. The monoisotopic (exact) mass is 423 g/mol. The second-order valence-electron chi connectivity index (χ2n) is 9.17. The van der Waals surface area contributed by atoms with E-state index in [4.69, 9.17) is 15.7 Å². The Morgan fingerprint density at radius 3 is 2.55 bits per heavy atom. The SMILES string of the molecule is CC(C)N1CCC(Nc2nc(C3CCCCC3)nc3cc(C#CCN)c(F)cc23)CC1. The van der Waals surface area contributed by atoms with Crippen molar-refractivity contribution in [2.24, 2.45) is 5.73 Å². The van der Waals surface area contributed by atoms with Crippen LogP contribution in [-0.4, -0.2) is 46.6 Å². The van der Waals surface area contributed by atoms with Gasteiger partial charge in [-0.3, -0.25) is 0 Å². The third kappa shape index (κ3) is 5.16. The van der Waals surface area contributed by atoms with Crippen molar-refractivity contribution >= 4 is 16.7 Å². The molecule has 1 aliphatic heterocycles. The molecule has 2 heterocycles. The van der Waals surface area contributed by atoms with Crippen LogP contribution in [0.3, 0.4) is 0 Å². The Bertz CT molecular complexity index is 963. The fraction of sp³-hybridized carbons (Fsp3) is 0.600. The van der Waals surface area contributed by atoms with E-state index in [0.29, 0.717) is 23.6 Å². The number of aromatic nitrogens is 2. The average molecular weight is 424 g/mol. The highest BCUT2D eigenvalue weighted by Gasteiger charge is 2.24. The first-order chi connectivity index (χ1) is 15.0. The number of fused-ring (bicyclic) bond motifs is 1. The number of nitrogens with zero attached hydrogens (tertiary/aromatic N) is 3. The highest BCUT2D eigenvalue weighted by Crippen LogP contribution is 2.34. The lowest BCUT2D eigenvalue weighted by molar-refractivity contribution is 0.177. The molecule has 1 saturated carbocycles. The fourth-order valence-corrected chi connectivity index (χ4v) is 4.82. The number of likely N-dealkylation sites (tertiary alicyclic amines) is 1. The molecule has 0 amide bonds. The number of hydrogen-bond donors (Lipinski definition) is 2. The third-order valence-corrected chi connectivity index (χ3v) is 6.70. The summed E-state index contributed by atoms with van der Waals surface area (Å²) in [5.41, 5.74) is 6.60. The van der Waals surface area contributed by atoms with Crippen LogP contribution < -0.4 is 11.1 Å². The molecule has 0 atom stereocenters. The van der Waals surface area contributed by atoms with Crippen LogP contribution >= 0.6 is 0 Å². The van der Waals surface area contributed by atoms with Crippen molar-refractivity contribution in [3.63, 3.8) is 0 Å². The van der Waals surface area contributed by atoms with Gasteiger partial charge in [-0.25, -0.2) is 14.4 Å². The summed E-state index contributed by atoms with van der Waals surface area (Å²) >= 11 is 0.